The quantitative estimate of drug-likeness (QED) is 0.449. The van der Waals surface area contributed by atoms with Crippen LogP contribution in [0.5, 0.6) is 0 Å². The van der Waals surface area contributed by atoms with E-state index in [-0.39, 0.29) is 35.8 Å². The smallest absolute Gasteiger partial charge is 0.240 e. The number of hydrogen-bond acceptors (Lipinski definition) is 7. The minimum absolute atomic E-state index is 0.0156. The molecular weight excluding hydrogens is 460 g/mol. The molecule has 2 amide bonds. The number of ether oxygens (including phenoxy) is 1. The zero-order chi connectivity index (χ0) is 25.5. The van der Waals surface area contributed by atoms with E-state index in [1.807, 2.05) is 32.0 Å². The van der Waals surface area contributed by atoms with Gasteiger partial charge in [-0.15, -0.1) is 0 Å². The van der Waals surface area contributed by atoms with Crippen LogP contribution in [0, 0.1) is 17.8 Å². The van der Waals surface area contributed by atoms with Crippen LogP contribution in [-0.2, 0) is 27.2 Å². The molecule has 1 aromatic carbocycles. The molecule has 4 rings (SSSR count). The number of Topliss-reactive ketones (excluding diaryl/α,β-unsaturated/α-hetero) is 1. The molecule has 1 aliphatic carbocycles. The molecule has 9 heteroatoms. The summed E-state index contributed by atoms with van der Waals surface area (Å²) >= 11 is 0. The van der Waals surface area contributed by atoms with Crippen LogP contribution in [-0.4, -0.2) is 65.0 Å². The third-order valence-corrected chi connectivity index (χ3v) is 7.19. The highest BCUT2D eigenvalue weighted by Crippen LogP contribution is 2.43. The highest BCUT2D eigenvalue weighted by atomic mass is 16.5. The number of nitrogens with one attached hydrogen (secondary N) is 1. The highest BCUT2D eigenvalue weighted by molar-refractivity contribution is 5.99. The number of carbonyl (C=O) groups excluding carboxylic acids is 3. The molecule has 1 saturated carbocycles. The van der Waals surface area contributed by atoms with Gasteiger partial charge in [-0.3, -0.25) is 14.4 Å². The Bertz CT molecular complexity index is 1030. The Labute approximate surface area is 212 Å². The van der Waals surface area contributed by atoms with Gasteiger partial charge in [-0.2, -0.15) is 4.98 Å². The number of rotatable bonds is 12. The van der Waals surface area contributed by atoms with E-state index in [4.69, 9.17) is 9.26 Å². The van der Waals surface area contributed by atoms with E-state index in [1.165, 1.54) is 0 Å². The van der Waals surface area contributed by atoms with Gasteiger partial charge in [-0.25, -0.2) is 0 Å². The molecule has 0 spiro atoms. The number of amides is 2. The first-order chi connectivity index (χ1) is 17.5. The average Bonchev–Trinajstić information content (AvgIpc) is 3.65. The van der Waals surface area contributed by atoms with Crippen molar-refractivity contribution in [2.75, 3.05) is 26.3 Å². The van der Waals surface area contributed by atoms with Crippen LogP contribution in [0.15, 0.2) is 34.9 Å². The monoisotopic (exact) mass is 496 g/mol. The van der Waals surface area contributed by atoms with E-state index in [0.717, 1.165) is 24.8 Å². The zero-order valence-electron chi connectivity index (χ0n) is 21.2. The molecule has 1 aliphatic heterocycles. The van der Waals surface area contributed by atoms with Crippen LogP contribution in [0.25, 0.3) is 0 Å². The standard InChI is InChI=1S/C27H36N4O5/c1-3-22(25(33)26-29-23(4-2)36-30-26)28-27(34)21(17-24(32)31-12-14-35-15-13-31)20(19-10-11-19)16-18-8-6-5-7-9-18/h5-9,19-22H,3-4,10-17H2,1-2H3,(H,28,34)/t20?,21?,22-/m0/s1. The van der Waals surface area contributed by atoms with Gasteiger partial charge in [0.2, 0.25) is 29.3 Å². The Balaban J connectivity index is 1.54. The third kappa shape index (κ3) is 6.57. The van der Waals surface area contributed by atoms with E-state index in [2.05, 4.69) is 27.6 Å². The summed E-state index contributed by atoms with van der Waals surface area (Å²) in [6.45, 7) is 5.79. The van der Waals surface area contributed by atoms with E-state index < -0.39 is 12.0 Å². The number of benzene rings is 1. The molecule has 2 aromatic rings. The summed E-state index contributed by atoms with van der Waals surface area (Å²) in [5.74, 6) is -0.454. The van der Waals surface area contributed by atoms with Crippen LogP contribution < -0.4 is 5.32 Å². The van der Waals surface area contributed by atoms with Crippen LogP contribution in [0.1, 0.15) is 61.6 Å². The van der Waals surface area contributed by atoms with Gasteiger partial charge < -0.3 is 19.5 Å². The summed E-state index contributed by atoms with van der Waals surface area (Å²) in [5.41, 5.74) is 1.15. The van der Waals surface area contributed by atoms with Gasteiger partial charge in [0.15, 0.2) is 0 Å². The molecule has 2 fully saturated rings. The molecule has 0 bridgehead atoms. The maximum absolute atomic E-state index is 13.8. The number of carbonyl (C=O) groups is 3. The summed E-state index contributed by atoms with van der Waals surface area (Å²) in [6.07, 6.45) is 3.84. The normalized spacial score (nSPS) is 18.3. The first kappa shape index (κ1) is 26.0. The molecular formula is C27H36N4O5. The van der Waals surface area contributed by atoms with Crippen molar-refractivity contribution < 1.29 is 23.6 Å². The number of nitrogens with zero attached hydrogens (tertiary/aromatic N) is 3. The molecule has 2 aliphatic rings. The molecule has 0 radical (unpaired) electrons. The predicted molar refractivity (Wildman–Crippen MR) is 132 cm³/mol. The number of morpholine rings is 1. The summed E-state index contributed by atoms with van der Waals surface area (Å²) in [5, 5.41) is 6.73. The summed E-state index contributed by atoms with van der Waals surface area (Å²) in [6, 6.07) is 9.31. The van der Waals surface area contributed by atoms with Crippen LogP contribution in [0.3, 0.4) is 0 Å². The lowest BCUT2D eigenvalue weighted by Crippen LogP contribution is -2.48. The largest absolute Gasteiger partial charge is 0.378 e. The molecule has 1 saturated heterocycles. The fourth-order valence-electron chi connectivity index (χ4n) is 4.90. The van der Waals surface area contributed by atoms with E-state index in [1.54, 1.807) is 4.90 Å². The molecule has 36 heavy (non-hydrogen) atoms. The lowest BCUT2D eigenvalue weighted by Gasteiger charge is -2.32. The second-order valence-electron chi connectivity index (χ2n) is 9.69. The fraction of sp³-hybridized carbons (Fsp3) is 0.593. The zero-order valence-corrected chi connectivity index (χ0v) is 21.2. The van der Waals surface area contributed by atoms with Crippen molar-refractivity contribution in [1.82, 2.24) is 20.4 Å². The first-order valence-electron chi connectivity index (χ1n) is 13.1. The Morgan fingerprint density at radius 3 is 2.44 bits per heavy atom. The topological polar surface area (TPSA) is 115 Å². The Kier molecular flexibility index (Phi) is 8.85. The number of aryl methyl sites for hydroxylation is 1. The number of aromatic nitrogens is 2. The minimum atomic E-state index is -0.780. The van der Waals surface area contributed by atoms with Crippen molar-refractivity contribution in [3.8, 4) is 0 Å². The van der Waals surface area contributed by atoms with Gasteiger partial charge in [-0.1, -0.05) is 49.3 Å². The van der Waals surface area contributed by atoms with E-state index in [0.29, 0.717) is 51.0 Å². The number of ketones is 1. The second-order valence-corrected chi connectivity index (χ2v) is 9.69. The van der Waals surface area contributed by atoms with Crippen molar-refractivity contribution >= 4 is 17.6 Å². The molecule has 1 aromatic heterocycles. The van der Waals surface area contributed by atoms with Gasteiger partial charge in [0.05, 0.1) is 25.2 Å². The minimum Gasteiger partial charge on any atom is -0.378 e. The molecule has 2 unspecified atom stereocenters. The van der Waals surface area contributed by atoms with Gasteiger partial charge in [0.25, 0.3) is 0 Å². The van der Waals surface area contributed by atoms with Crippen molar-refractivity contribution in [1.29, 1.82) is 0 Å². The SMILES string of the molecule is CCc1nc(C(=O)[C@H](CC)NC(=O)C(CC(=O)N2CCOCC2)C(Cc2ccccc2)C2CC2)no1. The van der Waals surface area contributed by atoms with Crippen molar-refractivity contribution in [3.05, 3.63) is 47.6 Å². The fourth-order valence-corrected chi connectivity index (χ4v) is 4.90. The molecule has 1 N–H and O–H groups in total. The van der Waals surface area contributed by atoms with Crippen LogP contribution in [0.4, 0.5) is 0 Å². The Morgan fingerprint density at radius 1 is 1.11 bits per heavy atom. The lowest BCUT2D eigenvalue weighted by molar-refractivity contribution is -0.141. The van der Waals surface area contributed by atoms with Crippen molar-refractivity contribution in [3.63, 3.8) is 0 Å². The van der Waals surface area contributed by atoms with Crippen LogP contribution in [0.2, 0.25) is 0 Å². The van der Waals surface area contributed by atoms with Gasteiger partial charge in [0, 0.05) is 25.9 Å². The first-order valence-corrected chi connectivity index (χ1v) is 13.1. The van der Waals surface area contributed by atoms with E-state index >= 15 is 0 Å². The Hall–Kier alpha value is -3.07. The summed E-state index contributed by atoms with van der Waals surface area (Å²) < 4.78 is 10.5. The van der Waals surface area contributed by atoms with Crippen LogP contribution >= 0.6 is 0 Å². The van der Waals surface area contributed by atoms with Gasteiger partial charge in [-0.05, 0) is 43.1 Å². The second kappa shape index (κ2) is 12.3. The van der Waals surface area contributed by atoms with Gasteiger partial charge in [0.1, 0.15) is 0 Å². The summed E-state index contributed by atoms with van der Waals surface area (Å²) in [7, 11) is 0. The molecule has 194 valence electrons. The summed E-state index contributed by atoms with van der Waals surface area (Å²) in [4.78, 5) is 46.0. The van der Waals surface area contributed by atoms with Crippen molar-refractivity contribution in [2.24, 2.45) is 17.8 Å². The predicted octanol–water partition coefficient (Wildman–Crippen LogP) is 2.84. The lowest BCUT2D eigenvalue weighted by atomic mass is 9.80. The molecule has 2 heterocycles. The highest BCUT2D eigenvalue weighted by Gasteiger charge is 2.42. The maximum Gasteiger partial charge on any atom is 0.240 e. The van der Waals surface area contributed by atoms with E-state index in [9.17, 15) is 14.4 Å². The maximum atomic E-state index is 13.8. The Morgan fingerprint density at radius 2 is 1.83 bits per heavy atom. The average molecular weight is 497 g/mol. The van der Waals surface area contributed by atoms with Crippen molar-refractivity contribution in [2.45, 2.75) is 58.4 Å². The molecule has 3 atom stereocenters. The number of hydrogen-bond donors (Lipinski definition) is 1. The molecule has 9 nitrogen and oxygen atoms in total. The third-order valence-electron chi connectivity index (χ3n) is 7.19. The van der Waals surface area contributed by atoms with Gasteiger partial charge >= 0.3 is 0 Å².